The summed E-state index contributed by atoms with van der Waals surface area (Å²) in [6.07, 6.45) is 3.01. The summed E-state index contributed by atoms with van der Waals surface area (Å²) in [7, 11) is 0. The molecule has 4 rings (SSSR count). The maximum absolute atomic E-state index is 12.9. The molecular formula is C21H24N6O2. The predicted molar refractivity (Wildman–Crippen MR) is 110 cm³/mol. The van der Waals surface area contributed by atoms with Crippen LogP contribution in [0.2, 0.25) is 0 Å². The number of amides is 1. The standard InChI is InChI=1S/C21H24N6O2/c1-14(2)19-23-15(3)12-18(24-19)25-8-10-26(11-9-25)20(28)16-13-22-17-6-4-5-7-27(17)21(16)29/h4-7,12-14H,8-11H2,1-3H3. The number of carbonyl (C=O) groups is 1. The highest BCUT2D eigenvalue weighted by atomic mass is 16.2. The molecule has 1 aliphatic rings. The van der Waals surface area contributed by atoms with E-state index in [0.717, 1.165) is 17.3 Å². The molecule has 1 amide bonds. The summed E-state index contributed by atoms with van der Waals surface area (Å²) in [6.45, 7) is 8.48. The van der Waals surface area contributed by atoms with E-state index >= 15 is 0 Å². The van der Waals surface area contributed by atoms with Crippen LogP contribution in [0, 0.1) is 6.92 Å². The normalized spacial score (nSPS) is 14.6. The van der Waals surface area contributed by atoms with Gasteiger partial charge in [-0.1, -0.05) is 19.9 Å². The third-order valence-corrected chi connectivity index (χ3v) is 5.11. The maximum atomic E-state index is 12.9. The molecule has 0 aliphatic carbocycles. The first-order chi connectivity index (χ1) is 13.9. The molecule has 150 valence electrons. The number of piperazine rings is 1. The number of fused-ring (bicyclic) bond motifs is 1. The van der Waals surface area contributed by atoms with Crippen LogP contribution >= 0.6 is 0 Å². The van der Waals surface area contributed by atoms with Crippen molar-refractivity contribution in [2.45, 2.75) is 26.7 Å². The smallest absolute Gasteiger partial charge is 0.270 e. The first-order valence-corrected chi connectivity index (χ1v) is 9.80. The van der Waals surface area contributed by atoms with E-state index in [0.29, 0.717) is 31.8 Å². The van der Waals surface area contributed by atoms with Crippen LogP contribution in [-0.4, -0.2) is 56.3 Å². The molecule has 0 atom stereocenters. The van der Waals surface area contributed by atoms with Crippen molar-refractivity contribution in [1.82, 2.24) is 24.3 Å². The highest BCUT2D eigenvalue weighted by Gasteiger charge is 2.25. The molecule has 0 aromatic carbocycles. The average molecular weight is 392 g/mol. The third kappa shape index (κ3) is 3.70. The number of nitrogens with zero attached hydrogens (tertiary/aromatic N) is 6. The molecule has 0 unspecified atom stereocenters. The number of anilines is 1. The molecule has 29 heavy (non-hydrogen) atoms. The van der Waals surface area contributed by atoms with Crippen LogP contribution in [0.4, 0.5) is 5.82 Å². The zero-order valence-electron chi connectivity index (χ0n) is 16.9. The van der Waals surface area contributed by atoms with E-state index in [9.17, 15) is 9.59 Å². The second-order valence-electron chi connectivity index (χ2n) is 7.57. The van der Waals surface area contributed by atoms with Gasteiger partial charge < -0.3 is 9.80 Å². The van der Waals surface area contributed by atoms with Gasteiger partial charge in [0.2, 0.25) is 0 Å². The van der Waals surface area contributed by atoms with E-state index < -0.39 is 0 Å². The van der Waals surface area contributed by atoms with Crippen LogP contribution in [0.3, 0.4) is 0 Å². The minimum atomic E-state index is -0.337. The Bertz CT molecular complexity index is 1120. The van der Waals surface area contributed by atoms with E-state index in [4.69, 9.17) is 0 Å². The molecule has 1 aliphatic heterocycles. The highest BCUT2D eigenvalue weighted by molar-refractivity contribution is 5.94. The Morgan fingerprint density at radius 1 is 1.10 bits per heavy atom. The SMILES string of the molecule is Cc1cc(N2CCN(C(=O)c3cnc4ccccn4c3=O)CC2)nc(C(C)C)n1. The van der Waals surface area contributed by atoms with Crippen LogP contribution in [-0.2, 0) is 0 Å². The van der Waals surface area contributed by atoms with Crippen molar-refractivity contribution in [3.8, 4) is 0 Å². The Hall–Kier alpha value is -3.29. The fraction of sp³-hybridized carbons (Fsp3) is 0.381. The quantitative estimate of drug-likeness (QED) is 0.677. The van der Waals surface area contributed by atoms with Crippen LogP contribution in [0.15, 0.2) is 41.5 Å². The molecular weight excluding hydrogens is 368 g/mol. The number of aryl methyl sites for hydroxylation is 1. The molecule has 0 bridgehead atoms. The molecule has 0 saturated carbocycles. The van der Waals surface area contributed by atoms with E-state index in [1.54, 1.807) is 23.2 Å². The van der Waals surface area contributed by atoms with Crippen molar-refractivity contribution in [3.63, 3.8) is 0 Å². The Morgan fingerprint density at radius 2 is 1.86 bits per heavy atom. The zero-order chi connectivity index (χ0) is 20.5. The molecule has 4 heterocycles. The monoisotopic (exact) mass is 392 g/mol. The van der Waals surface area contributed by atoms with Gasteiger partial charge in [0.15, 0.2) is 0 Å². The number of pyridine rings is 1. The third-order valence-electron chi connectivity index (χ3n) is 5.11. The molecule has 3 aromatic heterocycles. The van der Waals surface area contributed by atoms with Crippen molar-refractivity contribution < 1.29 is 4.79 Å². The van der Waals surface area contributed by atoms with E-state index in [2.05, 4.69) is 33.7 Å². The van der Waals surface area contributed by atoms with E-state index in [1.165, 1.54) is 10.6 Å². The Kier molecular flexibility index (Phi) is 5.00. The van der Waals surface area contributed by atoms with Gasteiger partial charge in [0.1, 0.15) is 22.9 Å². The van der Waals surface area contributed by atoms with Gasteiger partial charge >= 0.3 is 0 Å². The lowest BCUT2D eigenvalue weighted by atomic mass is 10.2. The Labute approximate surface area is 168 Å². The number of carbonyl (C=O) groups excluding carboxylic acids is 1. The first-order valence-electron chi connectivity index (χ1n) is 9.80. The first kappa shape index (κ1) is 19.0. The molecule has 8 nitrogen and oxygen atoms in total. The van der Waals surface area contributed by atoms with Gasteiger partial charge in [0, 0.05) is 56.3 Å². The molecule has 1 saturated heterocycles. The predicted octanol–water partition coefficient (Wildman–Crippen LogP) is 1.88. The Morgan fingerprint density at radius 3 is 2.59 bits per heavy atom. The molecule has 3 aromatic rings. The van der Waals surface area contributed by atoms with Gasteiger partial charge in [-0.25, -0.2) is 15.0 Å². The minimum absolute atomic E-state index is 0.0992. The lowest BCUT2D eigenvalue weighted by molar-refractivity contribution is 0.0744. The second-order valence-corrected chi connectivity index (χ2v) is 7.57. The fourth-order valence-corrected chi connectivity index (χ4v) is 3.48. The topological polar surface area (TPSA) is 83.7 Å². The van der Waals surface area contributed by atoms with Crippen molar-refractivity contribution in [2.75, 3.05) is 31.1 Å². The van der Waals surface area contributed by atoms with Crippen molar-refractivity contribution in [3.05, 3.63) is 64.1 Å². The summed E-state index contributed by atoms with van der Waals surface area (Å²) >= 11 is 0. The fourth-order valence-electron chi connectivity index (χ4n) is 3.48. The summed E-state index contributed by atoms with van der Waals surface area (Å²) in [5, 5.41) is 0. The largest absolute Gasteiger partial charge is 0.353 e. The molecule has 0 N–H and O–H groups in total. The number of aromatic nitrogens is 4. The van der Waals surface area contributed by atoms with Crippen molar-refractivity contribution in [2.24, 2.45) is 0 Å². The number of hydrogen-bond donors (Lipinski definition) is 0. The maximum Gasteiger partial charge on any atom is 0.270 e. The Balaban J connectivity index is 1.51. The minimum Gasteiger partial charge on any atom is -0.353 e. The lowest BCUT2D eigenvalue weighted by Crippen LogP contribution is -2.50. The van der Waals surface area contributed by atoms with Gasteiger partial charge in [-0.3, -0.25) is 14.0 Å². The van der Waals surface area contributed by atoms with E-state index in [1.807, 2.05) is 19.1 Å². The zero-order valence-corrected chi connectivity index (χ0v) is 16.9. The summed E-state index contributed by atoms with van der Waals surface area (Å²) in [4.78, 5) is 42.9. The van der Waals surface area contributed by atoms with E-state index in [-0.39, 0.29) is 22.9 Å². The molecule has 0 spiro atoms. The number of rotatable bonds is 3. The van der Waals surface area contributed by atoms with Gasteiger partial charge in [-0.05, 0) is 19.1 Å². The van der Waals surface area contributed by atoms with Crippen LogP contribution < -0.4 is 10.5 Å². The van der Waals surface area contributed by atoms with Gasteiger partial charge in [0.05, 0.1) is 0 Å². The molecule has 1 fully saturated rings. The van der Waals surface area contributed by atoms with Crippen LogP contribution in [0.1, 0.15) is 41.6 Å². The summed E-state index contributed by atoms with van der Waals surface area (Å²) in [5.74, 6) is 1.70. The van der Waals surface area contributed by atoms with Crippen molar-refractivity contribution >= 4 is 17.4 Å². The highest BCUT2D eigenvalue weighted by Crippen LogP contribution is 2.19. The number of hydrogen-bond acceptors (Lipinski definition) is 6. The lowest BCUT2D eigenvalue weighted by Gasteiger charge is -2.35. The molecule has 0 radical (unpaired) electrons. The van der Waals surface area contributed by atoms with Crippen LogP contribution in [0.25, 0.3) is 5.65 Å². The van der Waals surface area contributed by atoms with Crippen molar-refractivity contribution in [1.29, 1.82) is 0 Å². The average Bonchev–Trinajstić information content (AvgIpc) is 2.73. The van der Waals surface area contributed by atoms with Gasteiger partial charge in [-0.2, -0.15) is 0 Å². The molecule has 8 heteroatoms. The van der Waals surface area contributed by atoms with Gasteiger partial charge in [0.25, 0.3) is 11.5 Å². The van der Waals surface area contributed by atoms with Gasteiger partial charge in [-0.15, -0.1) is 0 Å². The van der Waals surface area contributed by atoms with Crippen LogP contribution in [0.5, 0.6) is 0 Å². The summed E-state index contributed by atoms with van der Waals surface area (Å²) < 4.78 is 1.40. The summed E-state index contributed by atoms with van der Waals surface area (Å²) in [5.41, 5.74) is 1.23. The second kappa shape index (κ2) is 7.62. The summed E-state index contributed by atoms with van der Waals surface area (Å²) in [6, 6.07) is 7.27.